The number of nitriles is 1. The number of nitrogens with two attached hydrogens (primary N) is 2. The molecule has 0 radical (unpaired) electrons. The van der Waals surface area contributed by atoms with E-state index in [0.29, 0.717) is 5.70 Å². The number of nitrogens with zero attached hydrogens (tertiary/aromatic N) is 1. The first-order chi connectivity index (χ1) is 4.72. The maximum atomic E-state index is 8.25. The fourth-order valence-electron chi connectivity index (χ4n) is 0.321. The van der Waals surface area contributed by atoms with E-state index in [1.54, 1.807) is 5.41 Å². The molecule has 0 aliphatic rings. The van der Waals surface area contributed by atoms with Gasteiger partial charge in [0.1, 0.15) is 5.40 Å². The highest BCUT2D eigenvalue weighted by Gasteiger charge is 2.03. The molecule has 56 valence electrons. The summed E-state index contributed by atoms with van der Waals surface area (Å²) in [6, 6.07) is 0. The maximum absolute atomic E-state index is 8.25. The number of hydrogen-bond donors (Lipinski definition) is 2. The third kappa shape index (κ3) is 3.67. The topological polar surface area (TPSA) is 75.8 Å². The largest absolute Gasteiger partial charge is 0.401 e. The van der Waals surface area contributed by atoms with Crippen LogP contribution >= 0.6 is 23.7 Å². The molecule has 3 nitrogen and oxygen atoms in total. The van der Waals surface area contributed by atoms with Crippen LogP contribution in [0.25, 0.3) is 0 Å². The SMILES string of the molecule is CC(SC#N)/C(N)=C/SN. The zero-order chi connectivity index (χ0) is 7.98. The molecule has 0 rings (SSSR count). The molecular formula is C5H9N3S2. The fourth-order valence-corrected chi connectivity index (χ4v) is 1.13. The van der Waals surface area contributed by atoms with Crippen LogP contribution in [-0.2, 0) is 0 Å². The number of hydrogen-bond acceptors (Lipinski definition) is 5. The number of rotatable bonds is 3. The summed E-state index contributed by atoms with van der Waals surface area (Å²) < 4.78 is 0. The lowest BCUT2D eigenvalue weighted by molar-refractivity contribution is 1.10. The lowest BCUT2D eigenvalue weighted by atomic mass is 10.4. The Kier molecular flexibility index (Phi) is 5.30. The summed E-state index contributed by atoms with van der Waals surface area (Å²) in [5.74, 6) is 0. The number of thioether (sulfide) groups is 1. The van der Waals surface area contributed by atoms with Crippen molar-refractivity contribution in [2.24, 2.45) is 10.9 Å². The highest BCUT2D eigenvalue weighted by Crippen LogP contribution is 2.14. The first-order valence-electron chi connectivity index (χ1n) is 2.58. The standard InChI is InChI=1S/C5H9N3S2/c1-4(9-3-6)5(7)2-10-8/h2,4H,7-8H2,1H3/b5-2-. The van der Waals surface area contributed by atoms with Crippen molar-refractivity contribution in [3.63, 3.8) is 0 Å². The van der Waals surface area contributed by atoms with Crippen molar-refractivity contribution in [3.05, 3.63) is 11.1 Å². The fraction of sp³-hybridized carbons (Fsp3) is 0.400. The van der Waals surface area contributed by atoms with Crippen LogP contribution < -0.4 is 10.9 Å². The smallest absolute Gasteiger partial charge is 0.134 e. The second-order valence-electron chi connectivity index (χ2n) is 1.61. The predicted molar refractivity (Wildman–Crippen MR) is 46.7 cm³/mol. The van der Waals surface area contributed by atoms with Gasteiger partial charge in [0, 0.05) is 11.1 Å². The van der Waals surface area contributed by atoms with Gasteiger partial charge in [-0.25, -0.2) is 0 Å². The Morgan fingerprint density at radius 2 is 2.40 bits per heavy atom. The Bertz CT molecular complexity index is 161. The van der Waals surface area contributed by atoms with E-state index in [2.05, 4.69) is 0 Å². The summed E-state index contributed by atoms with van der Waals surface area (Å²) in [5, 5.41) is 17.0. The van der Waals surface area contributed by atoms with Gasteiger partial charge in [0.15, 0.2) is 0 Å². The van der Waals surface area contributed by atoms with Crippen LogP contribution in [0.1, 0.15) is 6.92 Å². The second kappa shape index (κ2) is 5.47. The molecule has 0 bridgehead atoms. The van der Waals surface area contributed by atoms with E-state index in [0.717, 1.165) is 23.7 Å². The van der Waals surface area contributed by atoms with Crippen LogP contribution in [-0.4, -0.2) is 5.25 Å². The van der Waals surface area contributed by atoms with E-state index in [4.69, 9.17) is 16.1 Å². The molecule has 0 aromatic heterocycles. The zero-order valence-corrected chi connectivity index (χ0v) is 7.21. The Morgan fingerprint density at radius 1 is 1.80 bits per heavy atom. The lowest BCUT2D eigenvalue weighted by Gasteiger charge is -2.04. The van der Waals surface area contributed by atoms with Crippen LogP contribution in [0.4, 0.5) is 0 Å². The van der Waals surface area contributed by atoms with Crippen LogP contribution in [0.5, 0.6) is 0 Å². The molecule has 0 fully saturated rings. The van der Waals surface area contributed by atoms with E-state index in [1.165, 1.54) is 0 Å². The first-order valence-corrected chi connectivity index (χ1v) is 4.40. The average molecular weight is 175 g/mol. The zero-order valence-electron chi connectivity index (χ0n) is 5.57. The molecule has 0 amide bonds. The van der Waals surface area contributed by atoms with Crippen molar-refractivity contribution in [2.75, 3.05) is 0 Å². The summed E-state index contributed by atoms with van der Waals surface area (Å²) in [7, 11) is 0. The first kappa shape index (κ1) is 9.69. The highest BCUT2D eigenvalue weighted by molar-refractivity contribution is 8.04. The Balaban J connectivity index is 3.83. The molecule has 1 unspecified atom stereocenters. The van der Waals surface area contributed by atoms with E-state index < -0.39 is 0 Å². The summed E-state index contributed by atoms with van der Waals surface area (Å²) in [6.07, 6.45) is 0. The molecule has 0 heterocycles. The summed E-state index contributed by atoms with van der Waals surface area (Å²) in [4.78, 5) is 0. The molecular weight excluding hydrogens is 166 g/mol. The van der Waals surface area contributed by atoms with Gasteiger partial charge in [0.25, 0.3) is 0 Å². The van der Waals surface area contributed by atoms with Gasteiger partial charge in [-0.1, -0.05) is 11.9 Å². The molecule has 4 N–H and O–H groups in total. The van der Waals surface area contributed by atoms with Crippen LogP contribution in [0, 0.1) is 10.7 Å². The molecule has 0 saturated carbocycles. The summed E-state index contributed by atoms with van der Waals surface area (Å²) >= 11 is 2.18. The van der Waals surface area contributed by atoms with Gasteiger partial charge in [0.05, 0.1) is 5.25 Å². The minimum Gasteiger partial charge on any atom is -0.401 e. The van der Waals surface area contributed by atoms with Crippen molar-refractivity contribution in [1.29, 1.82) is 5.26 Å². The highest BCUT2D eigenvalue weighted by atomic mass is 32.2. The molecule has 5 heteroatoms. The molecule has 1 atom stereocenters. The Labute approximate surface area is 69.0 Å². The minimum atomic E-state index is 0.0287. The van der Waals surface area contributed by atoms with Crippen LogP contribution in [0.3, 0.4) is 0 Å². The van der Waals surface area contributed by atoms with Gasteiger partial charge in [-0.3, -0.25) is 5.14 Å². The maximum Gasteiger partial charge on any atom is 0.134 e. The predicted octanol–water partition coefficient (Wildman–Crippen LogP) is 0.996. The third-order valence-corrected chi connectivity index (χ3v) is 2.04. The minimum absolute atomic E-state index is 0.0287. The van der Waals surface area contributed by atoms with Gasteiger partial charge in [-0.15, -0.1) is 0 Å². The summed E-state index contributed by atoms with van der Waals surface area (Å²) in [6.45, 7) is 1.86. The summed E-state index contributed by atoms with van der Waals surface area (Å²) in [5.41, 5.74) is 6.14. The van der Waals surface area contributed by atoms with Gasteiger partial charge in [-0.05, 0) is 18.7 Å². The molecule has 0 aromatic carbocycles. The van der Waals surface area contributed by atoms with E-state index >= 15 is 0 Å². The van der Waals surface area contributed by atoms with Crippen molar-refractivity contribution >= 4 is 23.7 Å². The molecule has 0 spiro atoms. The Morgan fingerprint density at radius 3 is 2.80 bits per heavy atom. The Hall–Kier alpha value is -0.310. The second-order valence-corrected chi connectivity index (χ2v) is 3.24. The monoisotopic (exact) mass is 175 g/mol. The van der Waals surface area contributed by atoms with Gasteiger partial charge < -0.3 is 5.73 Å². The lowest BCUT2D eigenvalue weighted by Crippen LogP contribution is -2.09. The van der Waals surface area contributed by atoms with E-state index in [9.17, 15) is 0 Å². The van der Waals surface area contributed by atoms with Crippen molar-refractivity contribution in [2.45, 2.75) is 12.2 Å². The average Bonchev–Trinajstić information content (AvgIpc) is 1.89. The normalized spacial score (nSPS) is 14.3. The quantitative estimate of drug-likeness (QED) is 0.494. The van der Waals surface area contributed by atoms with E-state index in [-0.39, 0.29) is 5.25 Å². The van der Waals surface area contributed by atoms with Crippen molar-refractivity contribution in [1.82, 2.24) is 0 Å². The molecule has 0 aliphatic carbocycles. The third-order valence-electron chi connectivity index (χ3n) is 0.903. The van der Waals surface area contributed by atoms with Gasteiger partial charge in [0.2, 0.25) is 0 Å². The van der Waals surface area contributed by atoms with Gasteiger partial charge in [-0.2, -0.15) is 5.26 Å². The van der Waals surface area contributed by atoms with Gasteiger partial charge >= 0.3 is 0 Å². The van der Waals surface area contributed by atoms with E-state index in [1.807, 2.05) is 12.3 Å². The molecule has 0 aliphatic heterocycles. The van der Waals surface area contributed by atoms with Crippen LogP contribution in [0.15, 0.2) is 11.1 Å². The van der Waals surface area contributed by atoms with Crippen LogP contribution in [0.2, 0.25) is 0 Å². The molecule has 10 heavy (non-hydrogen) atoms. The van der Waals surface area contributed by atoms with Crippen molar-refractivity contribution in [3.8, 4) is 5.40 Å². The molecule has 0 aromatic rings. The van der Waals surface area contributed by atoms with Crippen molar-refractivity contribution < 1.29 is 0 Å². The number of thiocyanates is 1. The molecule has 0 saturated heterocycles.